The van der Waals surface area contributed by atoms with Gasteiger partial charge in [0.15, 0.2) is 0 Å². The van der Waals surface area contributed by atoms with Crippen molar-refractivity contribution in [2.45, 2.75) is 26.2 Å². The number of nitrogens with zero attached hydrogens (tertiary/aromatic N) is 3. The van der Waals surface area contributed by atoms with Crippen molar-refractivity contribution in [2.24, 2.45) is 5.92 Å². The third kappa shape index (κ3) is 3.85. The minimum absolute atomic E-state index is 0.273. The van der Waals surface area contributed by atoms with E-state index in [4.69, 9.17) is 0 Å². The Kier molecular flexibility index (Phi) is 4.81. The third-order valence-electron chi connectivity index (χ3n) is 3.29. The molecule has 5 nitrogen and oxygen atoms in total. The summed E-state index contributed by atoms with van der Waals surface area (Å²) in [6.07, 6.45) is 2.36. The summed E-state index contributed by atoms with van der Waals surface area (Å²) in [6, 6.07) is 0. The predicted molar refractivity (Wildman–Crippen MR) is 70.7 cm³/mol. The molecule has 110 valence electrons. The lowest BCUT2D eigenvalue weighted by Crippen LogP contribution is -2.44. The molecule has 0 aromatic carbocycles. The first-order valence-corrected chi connectivity index (χ1v) is 6.65. The van der Waals surface area contributed by atoms with Gasteiger partial charge in [-0.2, -0.15) is 0 Å². The van der Waals surface area contributed by atoms with Gasteiger partial charge in [0.25, 0.3) is 6.43 Å². The van der Waals surface area contributed by atoms with E-state index in [9.17, 15) is 13.6 Å². The van der Waals surface area contributed by atoms with Crippen LogP contribution in [-0.2, 0) is 4.79 Å². The minimum atomic E-state index is -2.51. The van der Waals surface area contributed by atoms with E-state index in [2.05, 4.69) is 15.3 Å². The van der Waals surface area contributed by atoms with Crippen LogP contribution in [-0.4, -0.2) is 41.9 Å². The molecule has 1 fully saturated rings. The van der Waals surface area contributed by atoms with Crippen molar-refractivity contribution in [2.75, 3.05) is 24.5 Å². The largest absolute Gasteiger partial charge is 0.355 e. The fourth-order valence-corrected chi connectivity index (χ4v) is 2.32. The number of anilines is 1. The second-order valence-electron chi connectivity index (χ2n) is 4.94. The highest BCUT2D eigenvalue weighted by Gasteiger charge is 2.26. The fraction of sp³-hybridized carbons (Fsp3) is 0.615. The van der Waals surface area contributed by atoms with Gasteiger partial charge in [0.2, 0.25) is 5.91 Å². The van der Waals surface area contributed by atoms with Crippen molar-refractivity contribution in [3.63, 3.8) is 0 Å². The maximum atomic E-state index is 12.1. The quantitative estimate of drug-likeness (QED) is 0.907. The molecule has 1 atom stereocenters. The Morgan fingerprint density at radius 2 is 2.35 bits per heavy atom. The molecule has 1 saturated heterocycles. The van der Waals surface area contributed by atoms with Crippen molar-refractivity contribution in [3.8, 4) is 0 Å². The maximum Gasteiger partial charge on any atom is 0.255 e. The van der Waals surface area contributed by atoms with Crippen LogP contribution in [0.3, 0.4) is 0 Å². The van der Waals surface area contributed by atoms with Gasteiger partial charge in [0.1, 0.15) is 5.82 Å². The number of aryl methyl sites for hydroxylation is 1. The van der Waals surface area contributed by atoms with Gasteiger partial charge < -0.3 is 10.2 Å². The van der Waals surface area contributed by atoms with Crippen molar-refractivity contribution >= 4 is 11.7 Å². The van der Waals surface area contributed by atoms with Gasteiger partial charge in [0, 0.05) is 19.3 Å². The molecule has 20 heavy (non-hydrogen) atoms. The number of carbonyl (C=O) groups excluding carboxylic acids is 1. The molecule has 0 saturated carbocycles. The molecule has 2 rings (SSSR count). The number of hydrogen-bond donors (Lipinski definition) is 1. The second-order valence-corrected chi connectivity index (χ2v) is 4.94. The van der Waals surface area contributed by atoms with Crippen molar-refractivity contribution < 1.29 is 13.6 Å². The van der Waals surface area contributed by atoms with Crippen LogP contribution in [0.2, 0.25) is 0 Å². The van der Waals surface area contributed by atoms with Gasteiger partial charge in [-0.25, -0.2) is 13.8 Å². The van der Waals surface area contributed by atoms with Gasteiger partial charge in [-0.1, -0.05) is 0 Å². The molecule has 1 aromatic rings. The number of carbonyl (C=O) groups is 1. The van der Waals surface area contributed by atoms with Gasteiger partial charge in [-0.15, -0.1) is 0 Å². The molecule has 1 N–H and O–H groups in total. The van der Waals surface area contributed by atoms with E-state index in [1.165, 1.54) is 0 Å². The smallest absolute Gasteiger partial charge is 0.255 e. The molecule has 0 bridgehead atoms. The van der Waals surface area contributed by atoms with Gasteiger partial charge in [-0.3, -0.25) is 9.78 Å². The Balaban J connectivity index is 1.96. The van der Waals surface area contributed by atoms with Crippen molar-refractivity contribution in [3.05, 3.63) is 18.1 Å². The summed E-state index contributed by atoms with van der Waals surface area (Å²) < 4.78 is 24.2. The highest BCUT2D eigenvalue weighted by Crippen LogP contribution is 2.21. The van der Waals surface area contributed by atoms with E-state index in [1.807, 2.05) is 11.8 Å². The SMILES string of the molecule is Cc1cncc(N2CCCC(C(=O)NCC(F)F)C2)n1. The van der Waals surface area contributed by atoms with Crippen LogP contribution in [0.4, 0.5) is 14.6 Å². The number of rotatable bonds is 4. The van der Waals surface area contributed by atoms with Crippen molar-refractivity contribution in [1.82, 2.24) is 15.3 Å². The molecule has 7 heteroatoms. The lowest BCUT2D eigenvalue weighted by Gasteiger charge is -2.32. The molecule has 2 heterocycles. The van der Waals surface area contributed by atoms with E-state index in [-0.39, 0.29) is 11.8 Å². The van der Waals surface area contributed by atoms with E-state index in [0.29, 0.717) is 13.0 Å². The van der Waals surface area contributed by atoms with Gasteiger partial charge >= 0.3 is 0 Å². The standard InChI is InChI=1S/C13H18F2N4O/c1-9-5-16-7-12(18-9)19-4-2-3-10(8-19)13(20)17-6-11(14)15/h5,7,10-11H,2-4,6,8H2,1H3,(H,17,20). The molecule has 1 unspecified atom stereocenters. The average molecular weight is 284 g/mol. The summed E-state index contributed by atoms with van der Waals surface area (Å²) in [5, 5.41) is 2.28. The van der Waals surface area contributed by atoms with Crippen LogP contribution in [0.5, 0.6) is 0 Å². The Hall–Kier alpha value is -1.79. The molecule has 0 spiro atoms. The summed E-state index contributed by atoms with van der Waals surface area (Å²) >= 11 is 0. The summed E-state index contributed by atoms with van der Waals surface area (Å²) in [6.45, 7) is 2.57. The van der Waals surface area contributed by atoms with Gasteiger partial charge in [-0.05, 0) is 19.8 Å². The lowest BCUT2D eigenvalue weighted by molar-refractivity contribution is -0.125. The first-order chi connectivity index (χ1) is 9.56. The van der Waals surface area contributed by atoms with Crippen molar-refractivity contribution in [1.29, 1.82) is 0 Å². The number of piperidine rings is 1. The van der Waals surface area contributed by atoms with E-state index < -0.39 is 13.0 Å². The highest BCUT2D eigenvalue weighted by atomic mass is 19.3. The minimum Gasteiger partial charge on any atom is -0.355 e. The normalized spacial score (nSPS) is 19.2. The van der Waals surface area contributed by atoms with Crippen LogP contribution < -0.4 is 10.2 Å². The predicted octanol–water partition coefficient (Wildman–Crippen LogP) is 1.38. The Morgan fingerprint density at radius 3 is 3.05 bits per heavy atom. The number of nitrogens with one attached hydrogen (secondary N) is 1. The highest BCUT2D eigenvalue weighted by molar-refractivity contribution is 5.79. The Labute approximate surface area is 116 Å². The second kappa shape index (κ2) is 6.58. The van der Waals surface area contributed by atoms with Crippen LogP contribution in [0.15, 0.2) is 12.4 Å². The summed E-state index contributed by atoms with van der Waals surface area (Å²) in [4.78, 5) is 22.3. The number of halogens is 2. The zero-order valence-electron chi connectivity index (χ0n) is 11.4. The monoisotopic (exact) mass is 284 g/mol. The van der Waals surface area contributed by atoms with Gasteiger partial charge in [0.05, 0.1) is 24.4 Å². The van der Waals surface area contributed by atoms with Crippen LogP contribution in [0, 0.1) is 12.8 Å². The summed E-state index contributed by atoms with van der Waals surface area (Å²) in [5.74, 6) is 0.150. The fourth-order valence-electron chi connectivity index (χ4n) is 2.32. The number of alkyl halides is 2. The first-order valence-electron chi connectivity index (χ1n) is 6.65. The molecule has 1 aromatic heterocycles. The zero-order valence-corrected chi connectivity index (χ0v) is 11.4. The number of aromatic nitrogens is 2. The van der Waals surface area contributed by atoms with E-state index >= 15 is 0 Å². The molecule has 1 aliphatic rings. The lowest BCUT2D eigenvalue weighted by atomic mass is 9.97. The Bertz CT molecular complexity index is 469. The van der Waals surface area contributed by atoms with Crippen LogP contribution in [0.25, 0.3) is 0 Å². The number of hydrogen-bond acceptors (Lipinski definition) is 4. The van der Waals surface area contributed by atoms with E-state index in [1.54, 1.807) is 12.4 Å². The van der Waals surface area contributed by atoms with E-state index in [0.717, 1.165) is 24.5 Å². The Morgan fingerprint density at radius 1 is 1.55 bits per heavy atom. The van der Waals surface area contributed by atoms with Crippen LogP contribution in [0.1, 0.15) is 18.5 Å². The molecule has 1 amide bonds. The third-order valence-corrected chi connectivity index (χ3v) is 3.29. The number of amides is 1. The topological polar surface area (TPSA) is 58.1 Å². The average Bonchev–Trinajstić information content (AvgIpc) is 2.45. The molecule has 1 aliphatic heterocycles. The molecule has 0 aliphatic carbocycles. The van der Waals surface area contributed by atoms with Crippen LogP contribution >= 0.6 is 0 Å². The summed E-state index contributed by atoms with van der Waals surface area (Å²) in [7, 11) is 0. The summed E-state index contributed by atoms with van der Waals surface area (Å²) in [5.41, 5.74) is 0.812. The molecule has 0 radical (unpaired) electrons. The first kappa shape index (κ1) is 14.6. The zero-order chi connectivity index (χ0) is 14.5. The maximum absolute atomic E-state index is 12.1. The molecular formula is C13H18F2N4O. The molecular weight excluding hydrogens is 266 g/mol.